The average molecular weight is 608 g/mol. The molecule has 0 saturated carbocycles. The minimum atomic E-state index is -0.144. The Hall–Kier alpha value is -3.10. The number of nitrogens with zero attached hydrogens (tertiary/aromatic N) is 4. The molecule has 1 saturated heterocycles. The van der Waals surface area contributed by atoms with Gasteiger partial charge in [-0.1, -0.05) is 117 Å². The van der Waals surface area contributed by atoms with Gasteiger partial charge in [0.15, 0.2) is 5.16 Å². The Morgan fingerprint density at radius 2 is 1.71 bits per heavy atom. The van der Waals surface area contributed by atoms with Gasteiger partial charge in [0.25, 0.3) is 0 Å². The minimum absolute atomic E-state index is 0.0806. The highest BCUT2D eigenvalue weighted by atomic mass is 35.5. The SMILES string of the molecule is CCCCCCCC(=O)N1CCN(c2cc(Cl)nc(SCC(=O)N[C@H](Cc3ccccc3)c3ccccc3)n2)C[C@@H]1C. The third kappa shape index (κ3) is 9.73. The predicted octanol–water partition coefficient (Wildman–Crippen LogP) is 6.72. The number of unbranched alkanes of at least 4 members (excludes halogenated alkanes) is 4. The lowest BCUT2D eigenvalue weighted by atomic mass is 9.99. The lowest BCUT2D eigenvalue weighted by Crippen LogP contribution is -2.54. The van der Waals surface area contributed by atoms with E-state index in [4.69, 9.17) is 16.6 Å². The van der Waals surface area contributed by atoms with Crippen molar-refractivity contribution >= 4 is 41.0 Å². The molecule has 7 nitrogen and oxygen atoms in total. The largest absolute Gasteiger partial charge is 0.353 e. The van der Waals surface area contributed by atoms with Crippen LogP contribution in [-0.4, -0.2) is 58.1 Å². The molecule has 1 fully saturated rings. The fourth-order valence-electron chi connectivity index (χ4n) is 5.33. The highest BCUT2D eigenvalue weighted by molar-refractivity contribution is 7.99. The summed E-state index contributed by atoms with van der Waals surface area (Å²) in [5.74, 6) is 1.05. The summed E-state index contributed by atoms with van der Waals surface area (Å²) >= 11 is 7.67. The Morgan fingerprint density at radius 3 is 2.43 bits per heavy atom. The number of amides is 2. The van der Waals surface area contributed by atoms with E-state index in [-0.39, 0.29) is 29.7 Å². The molecule has 1 aromatic heterocycles. The van der Waals surface area contributed by atoms with Gasteiger partial charge in [-0.15, -0.1) is 0 Å². The lowest BCUT2D eigenvalue weighted by Gasteiger charge is -2.40. The average Bonchev–Trinajstić information content (AvgIpc) is 3.00. The second-order valence-electron chi connectivity index (χ2n) is 10.9. The molecule has 224 valence electrons. The standard InChI is InChI=1S/C33H42ClN5O2S/c1-3-4-5-6-13-18-32(41)39-20-19-38(23-25(39)2)30-22-29(34)36-33(37-30)42-24-31(40)35-28(27-16-11-8-12-17-27)21-26-14-9-7-10-15-26/h7-12,14-17,22,25,28H,3-6,13,18-21,23-24H2,1-2H3,(H,35,40)/t25-,28+/m0/s1. The van der Waals surface area contributed by atoms with Crippen molar-refractivity contribution in [2.45, 2.75) is 76.0 Å². The molecular formula is C33H42ClN5O2S. The van der Waals surface area contributed by atoms with Crippen LogP contribution >= 0.6 is 23.4 Å². The summed E-state index contributed by atoms with van der Waals surface area (Å²) in [4.78, 5) is 39.1. The van der Waals surface area contributed by atoms with Crippen LogP contribution in [0.4, 0.5) is 5.82 Å². The van der Waals surface area contributed by atoms with Gasteiger partial charge in [-0.2, -0.15) is 0 Å². The summed E-state index contributed by atoms with van der Waals surface area (Å²) in [6, 6.07) is 21.9. The number of piperazine rings is 1. The number of hydrogen-bond acceptors (Lipinski definition) is 6. The first-order valence-electron chi connectivity index (χ1n) is 15.0. The van der Waals surface area contributed by atoms with Crippen LogP contribution in [-0.2, 0) is 16.0 Å². The quantitative estimate of drug-likeness (QED) is 0.0949. The second kappa shape index (κ2) is 16.5. The van der Waals surface area contributed by atoms with Crippen LogP contribution in [0.2, 0.25) is 5.15 Å². The second-order valence-corrected chi connectivity index (χ2v) is 12.2. The fraction of sp³-hybridized carbons (Fsp3) is 0.455. The third-order valence-electron chi connectivity index (χ3n) is 7.58. The van der Waals surface area contributed by atoms with Crippen LogP contribution < -0.4 is 10.2 Å². The Labute approximate surface area is 259 Å². The van der Waals surface area contributed by atoms with Crippen molar-refractivity contribution in [1.82, 2.24) is 20.2 Å². The normalized spacial score (nSPS) is 15.8. The van der Waals surface area contributed by atoms with Gasteiger partial charge in [-0.3, -0.25) is 9.59 Å². The van der Waals surface area contributed by atoms with E-state index in [1.165, 1.54) is 31.0 Å². The van der Waals surface area contributed by atoms with Gasteiger partial charge >= 0.3 is 0 Å². The molecule has 2 amide bonds. The maximum atomic E-state index is 13.1. The predicted molar refractivity (Wildman–Crippen MR) is 172 cm³/mol. The molecule has 0 spiro atoms. The summed E-state index contributed by atoms with van der Waals surface area (Å²) in [6.07, 6.45) is 7.03. The van der Waals surface area contributed by atoms with Crippen molar-refractivity contribution in [2.24, 2.45) is 0 Å². The van der Waals surface area contributed by atoms with Crippen molar-refractivity contribution in [2.75, 3.05) is 30.3 Å². The van der Waals surface area contributed by atoms with E-state index >= 15 is 0 Å². The smallest absolute Gasteiger partial charge is 0.230 e. The molecule has 9 heteroatoms. The molecule has 1 aliphatic heterocycles. The van der Waals surface area contributed by atoms with E-state index in [0.717, 1.165) is 29.8 Å². The fourth-order valence-corrected chi connectivity index (χ4v) is 6.22. The summed E-state index contributed by atoms with van der Waals surface area (Å²) in [5, 5.41) is 4.00. The number of benzene rings is 2. The Balaban J connectivity index is 1.32. The number of carbonyl (C=O) groups is 2. The van der Waals surface area contributed by atoms with Crippen LogP contribution in [0.3, 0.4) is 0 Å². The van der Waals surface area contributed by atoms with Crippen molar-refractivity contribution in [3.8, 4) is 0 Å². The summed E-state index contributed by atoms with van der Waals surface area (Å²) < 4.78 is 0. The maximum Gasteiger partial charge on any atom is 0.230 e. The van der Waals surface area contributed by atoms with Gasteiger partial charge in [0.1, 0.15) is 11.0 Å². The molecular weight excluding hydrogens is 566 g/mol. The highest BCUT2D eigenvalue weighted by Gasteiger charge is 2.28. The maximum absolute atomic E-state index is 13.1. The highest BCUT2D eigenvalue weighted by Crippen LogP contribution is 2.25. The Morgan fingerprint density at radius 1 is 1.00 bits per heavy atom. The topological polar surface area (TPSA) is 78.4 Å². The van der Waals surface area contributed by atoms with Gasteiger partial charge < -0.3 is 15.1 Å². The molecule has 0 unspecified atom stereocenters. The first-order chi connectivity index (χ1) is 20.4. The van der Waals surface area contributed by atoms with Crippen LogP contribution in [0.1, 0.15) is 69.5 Å². The first-order valence-corrected chi connectivity index (χ1v) is 16.4. The third-order valence-corrected chi connectivity index (χ3v) is 8.62. The van der Waals surface area contributed by atoms with Crippen LogP contribution in [0.15, 0.2) is 71.9 Å². The van der Waals surface area contributed by atoms with Gasteiger partial charge in [0.05, 0.1) is 11.8 Å². The van der Waals surface area contributed by atoms with Crippen LogP contribution in [0, 0.1) is 0 Å². The number of carbonyl (C=O) groups excluding carboxylic acids is 2. The number of nitrogens with one attached hydrogen (secondary N) is 1. The zero-order chi connectivity index (χ0) is 29.7. The van der Waals surface area contributed by atoms with E-state index in [1.807, 2.05) is 53.4 Å². The molecule has 3 aromatic rings. The van der Waals surface area contributed by atoms with Gasteiger partial charge in [-0.25, -0.2) is 9.97 Å². The van der Waals surface area contributed by atoms with E-state index in [9.17, 15) is 9.59 Å². The molecule has 1 aliphatic rings. The van der Waals surface area contributed by atoms with E-state index in [2.05, 4.69) is 41.2 Å². The summed E-state index contributed by atoms with van der Waals surface area (Å²) in [7, 11) is 0. The molecule has 2 heterocycles. The van der Waals surface area contributed by atoms with Crippen LogP contribution in [0.25, 0.3) is 0 Å². The zero-order valence-corrected chi connectivity index (χ0v) is 26.2. The summed E-state index contributed by atoms with van der Waals surface area (Å²) in [5.41, 5.74) is 2.22. The number of aromatic nitrogens is 2. The summed E-state index contributed by atoms with van der Waals surface area (Å²) in [6.45, 7) is 6.30. The number of hydrogen-bond donors (Lipinski definition) is 1. The zero-order valence-electron chi connectivity index (χ0n) is 24.7. The van der Waals surface area contributed by atoms with Gasteiger partial charge in [-0.05, 0) is 30.9 Å². The van der Waals surface area contributed by atoms with Crippen molar-refractivity contribution in [1.29, 1.82) is 0 Å². The van der Waals surface area contributed by atoms with E-state index < -0.39 is 0 Å². The number of anilines is 1. The number of halogens is 1. The van der Waals surface area contributed by atoms with Crippen LogP contribution in [0.5, 0.6) is 0 Å². The Bertz CT molecular complexity index is 1280. The van der Waals surface area contributed by atoms with Crippen molar-refractivity contribution < 1.29 is 9.59 Å². The Kier molecular flexibility index (Phi) is 12.5. The first kappa shape index (κ1) is 31.8. The van der Waals surface area contributed by atoms with Crippen molar-refractivity contribution in [3.05, 3.63) is 83.0 Å². The number of thioether (sulfide) groups is 1. The number of rotatable bonds is 14. The van der Waals surface area contributed by atoms with Gasteiger partial charge in [0.2, 0.25) is 11.8 Å². The lowest BCUT2D eigenvalue weighted by molar-refractivity contribution is -0.133. The molecule has 4 rings (SSSR count). The molecule has 0 bridgehead atoms. The molecule has 2 atom stereocenters. The monoisotopic (exact) mass is 607 g/mol. The molecule has 0 aliphatic carbocycles. The molecule has 1 N–H and O–H groups in total. The minimum Gasteiger partial charge on any atom is -0.353 e. The van der Waals surface area contributed by atoms with E-state index in [0.29, 0.717) is 42.8 Å². The van der Waals surface area contributed by atoms with Gasteiger partial charge in [0, 0.05) is 38.2 Å². The molecule has 2 aromatic carbocycles. The molecule has 0 radical (unpaired) electrons. The van der Waals surface area contributed by atoms with Crippen molar-refractivity contribution in [3.63, 3.8) is 0 Å². The van der Waals surface area contributed by atoms with E-state index in [1.54, 1.807) is 6.07 Å². The molecule has 42 heavy (non-hydrogen) atoms.